The van der Waals surface area contributed by atoms with E-state index in [0.717, 1.165) is 12.8 Å². The summed E-state index contributed by atoms with van der Waals surface area (Å²) in [5.74, 6) is -0.540. The van der Waals surface area contributed by atoms with Gasteiger partial charge in [0.15, 0.2) is 6.61 Å². The number of esters is 1. The maximum absolute atomic E-state index is 11.9. The number of anilines is 1. The molecule has 24 heavy (non-hydrogen) atoms. The Balaban J connectivity index is 1.78. The van der Waals surface area contributed by atoms with Crippen molar-refractivity contribution in [3.05, 3.63) is 29.8 Å². The SMILES string of the molecule is CCNC(=O)c1cccc(NC(=O)COC(=O)CC2CCCC2)c1. The van der Waals surface area contributed by atoms with Gasteiger partial charge in [-0.05, 0) is 43.9 Å². The molecule has 0 aliphatic heterocycles. The second kappa shape index (κ2) is 9.05. The highest BCUT2D eigenvalue weighted by Crippen LogP contribution is 2.27. The van der Waals surface area contributed by atoms with Crippen LogP contribution in [0.3, 0.4) is 0 Å². The largest absolute Gasteiger partial charge is 0.456 e. The number of ether oxygens (including phenoxy) is 1. The van der Waals surface area contributed by atoms with E-state index in [0.29, 0.717) is 30.1 Å². The van der Waals surface area contributed by atoms with Crippen LogP contribution >= 0.6 is 0 Å². The zero-order valence-corrected chi connectivity index (χ0v) is 14.0. The van der Waals surface area contributed by atoms with Gasteiger partial charge in [0, 0.05) is 24.2 Å². The Hall–Kier alpha value is -2.37. The van der Waals surface area contributed by atoms with E-state index in [9.17, 15) is 14.4 Å². The van der Waals surface area contributed by atoms with Crippen LogP contribution in [-0.2, 0) is 14.3 Å². The lowest BCUT2D eigenvalue weighted by Gasteiger charge is -2.10. The van der Waals surface area contributed by atoms with Crippen molar-refractivity contribution in [1.29, 1.82) is 0 Å². The average Bonchev–Trinajstić information content (AvgIpc) is 3.06. The first-order valence-corrected chi connectivity index (χ1v) is 8.42. The number of hydrogen-bond donors (Lipinski definition) is 2. The third-order valence-electron chi connectivity index (χ3n) is 4.04. The molecule has 130 valence electrons. The molecule has 2 rings (SSSR count). The van der Waals surface area contributed by atoms with E-state index in [1.807, 2.05) is 6.92 Å². The number of carbonyl (C=O) groups is 3. The van der Waals surface area contributed by atoms with Crippen molar-refractivity contribution >= 4 is 23.5 Å². The molecule has 0 atom stereocenters. The minimum atomic E-state index is -0.414. The molecular formula is C18H24N2O4. The van der Waals surface area contributed by atoms with E-state index in [4.69, 9.17) is 4.74 Å². The van der Waals surface area contributed by atoms with E-state index in [1.54, 1.807) is 24.3 Å². The van der Waals surface area contributed by atoms with Crippen molar-refractivity contribution < 1.29 is 19.1 Å². The van der Waals surface area contributed by atoms with Gasteiger partial charge in [-0.25, -0.2) is 0 Å². The number of hydrogen-bond acceptors (Lipinski definition) is 4. The Morgan fingerprint density at radius 1 is 1.21 bits per heavy atom. The summed E-state index contributed by atoms with van der Waals surface area (Å²) in [4.78, 5) is 35.4. The second-order valence-electron chi connectivity index (χ2n) is 6.00. The number of nitrogens with one attached hydrogen (secondary N) is 2. The molecule has 0 heterocycles. The van der Waals surface area contributed by atoms with Crippen LogP contribution in [0.5, 0.6) is 0 Å². The Kier molecular flexibility index (Phi) is 6.78. The molecule has 0 unspecified atom stereocenters. The van der Waals surface area contributed by atoms with Gasteiger partial charge in [0.1, 0.15) is 0 Å². The first-order chi connectivity index (χ1) is 11.6. The monoisotopic (exact) mass is 332 g/mol. The molecule has 1 aliphatic carbocycles. The number of amides is 2. The lowest BCUT2D eigenvalue weighted by atomic mass is 10.1. The zero-order valence-electron chi connectivity index (χ0n) is 14.0. The van der Waals surface area contributed by atoms with Crippen molar-refractivity contribution in [2.45, 2.75) is 39.0 Å². The highest BCUT2D eigenvalue weighted by molar-refractivity contribution is 5.97. The summed E-state index contributed by atoms with van der Waals surface area (Å²) in [5, 5.41) is 5.33. The van der Waals surface area contributed by atoms with E-state index in [1.165, 1.54) is 12.8 Å². The number of benzene rings is 1. The van der Waals surface area contributed by atoms with Crippen LogP contribution in [-0.4, -0.2) is 30.9 Å². The normalized spacial score (nSPS) is 14.2. The quantitative estimate of drug-likeness (QED) is 0.751. The molecule has 0 radical (unpaired) electrons. The maximum atomic E-state index is 11.9. The molecule has 0 spiro atoms. The smallest absolute Gasteiger partial charge is 0.306 e. The summed E-state index contributed by atoms with van der Waals surface area (Å²) in [6.45, 7) is 2.06. The number of carbonyl (C=O) groups excluding carboxylic acids is 3. The predicted molar refractivity (Wildman–Crippen MR) is 90.6 cm³/mol. The third-order valence-corrected chi connectivity index (χ3v) is 4.04. The van der Waals surface area contributed by atoms with Crippen molar-refractivity contribution in [2.24, 2.45) is 5.92 Å². The molecule has 6 heteroatoms. The fourth-order valence-corrected chi connectivity index (χ4v) is 2.85. The summed E-state index contributed by atoms with van der Waals surface area (Å²) in [6.07, 6.45) is 4.85. The van der Waals surface area contributed by atoms with Crippen LogP contribution in [0.2, 0.25) is 0 Å². The summed E-state index contributed by atoms with van der Waals surface area (Å²) in [6, 6.07) is 6.62. The third kappa shape index (κ3) is 5.68. The molecule has 1 saturated carbocycles. The molecule has 0 aromatic heterocycles. The minimum Gasteiger partial charge on any atom is -0.456 e. The summed E-state index contributed by atoms with van der Waals surface area (Å²) in [7, 11) is 0. The Labute approximate surface area is 142 Å². The van der Waals surface area contributed by atoms with E-state index >= 15 is 0 Å². The van der Waals surface area contributed by atoms with Crippen LogP contribution < -0.4 is 10.6 Å². The summed E-state index contributed by atoms with van der Waals surface area (Å²) >= 11 is 0. The predicted octanol–water partition coefficient (Wildman–Crippen LogP) is 2.50. The van der Waals surface area contributed by atoms with Gasteiger partial charge in [0.25, 0.3) is 11.8 Å². The molecule has 2 N–H and O–H groups in total. The maximum Gasteiger partial charge on any atom is 0.306 e. The zero-order chi connectivity index (χ0) is 17.4. The van der Waals surface area contributed by atoms with E-state index in [2.05, 4.69) is 10.6 Å². The number of rotatable bonds is 7. The molecule has 1 fully saturated rings. The molecule has 0 saturated heterocycles. The Morgan fingerprint density at radius 2 is 1.96 bits per heavy atom. The minimum absolute atomic E-state index is 0.198. The molecule has 2 amide bonds. The van der Waals surface area contributed by atoms with Gasteiger partial charge in [0.05, 0.1) is 0 Å². The second-order valence-corrected chi connectivity index (χ2v) is 6.00. The van der Waals surface area contributed by atoms with Gasteiger partial charge in [-0.1, -0.05) is 18.9 Å². The lowest BCUT2D eigenvalue weighted by molar-refractivity contribution is -0.148. The van der Waals surface area contributed by atoms with Gasteiger partial charge in [0.2, 0.25) is 0 Å². The first kappa shape index (κ1) is 18.0. The van der Waals surface area contributed by atoms with E-state index < -0.39 is 5.91 Å². The van der Waals surface area contributed by atoms with Crippen LogP contribution in [0.4, 0.5) is 5.69 Å². The van der Waals surface area contributed by atoms with Crippen molar-refractivity contribution in [1.82, 2.24) is 5.32 Å². The van der Waals surface area contributed by atoms with E-state index in [-0.39, 0.29) is 18.5 Å². The van der Waals surface area contributed by atoms with Gasteiger partial charge in [-0.3, -0.25) is 14.4 Å². The average molecular weight is 332 g/mol. The van der Waals surface area contributed by atoms with Gasteiger partial charge >= 0.3 is 5.97 Å². The molecule has 6 nitrogen and oxygen atoms in total. The van der Waals surface area contributed by atoms with Crippen LogP contribution in [0.25, 0.3) is 0 Å². The van der Waals surface area contributed by atoms with Crippen molar-refractivity contribution in [3.8, 4) is 0 Å². The standard InChI is InChI=1S/C18H24N2O4/c1-2-19-18(23)14-8-5-9-15(11-14)20-16(21)12-24-17(22)10-13-6-3-4-7-13/h5,8-9,11,13H,2-4,6-7,10,12H2,1H3,(H,19,23)(H,20,21). The molecule has 1 aromatic carbocycles. The highest BCUT2D eigenvalue weighted by Gasteiger charge is 2.19. The summed E-state index contributed by atoms with van der Waals surface area (Å²) < 4.78 is 5.02. The van der Waals surface area contributed by atoms with Crippen LogP contribution in [0, 0.1) is 5.92 Å². The Bertz CT molecular complexity index is 594. The van der Waals surface area contributed by atoms with Crippen molar-refractivity contribution in [3.63, 3.8) is 0 Å². The van der Waals surface area contributed by atoms with Gasteiger partial charge in [-0.15, -0.1) is 0 Å². The fraction of sp³-hybridized carbons (Fsp3) is 0.500. The van der Waals surface area contributed by atoms with Gasteiger partial charge < -0.3 is 15.4 Å². The molecule has 1 aromatic rings. The first-order valence-electron chi connectivity index (χ1n) is 8.42. The molecule has 0 bridgehead atoms. The van der Waals surface area contributed by atoms with Crippen LogP contribution in [0.1, 0.15) is 49.4 Å². The topological polar surface area (TPSA) is 84.5 Å². The molecule has 1 aliphatic rings. The summed E-state index contributed by atoms with van der Waals surface area (Å²) in [5.41, 5.74) is 0.962. The fourth-order valence-electron chi connectivity index (χ4n) is 2.85. The van der Waals surface area contributed by atoms with Gasteiger partial charge in [-0.2, -0.15) is 0 Å². The highest BCUT2D eigenvalue weighted by atomic mass is 16.5. The molecular weight excluding hydrogens is 308 g/mol. The Morgan fingerprint density at radius 3 is 2.67 bits per heavy atom. The lowest BCUT2D eigenvalue weighted by Crippen LogP contribution is -2.24. The van der Waals surface area contributed by atoms with Crippen molar-refractivity contribution in [2.75, 3.05) is 18.5 Å². The van der Waals surface area contributed by atoms with Crippen LogP contribution in [0.15, 0.2) is 24.3 Å².